The van der Waals surface area contributed by atoms with E-state index in [1.807, 2.05) is 48.5 Å². The second-order valence-corrected chi connectivity index (χ2v) is 10.8. The summed E-state index contributed by atoms with van der Waals surface area (Å²) in [6.07, 6.45) is 1.20. The van der Waals surface area contributed by atoms with Crippen molar-refractivity contribution >= 4 is 14.9 Å². The van der Waals surface area contributed by atoms with Crippen LogP contribution in [0.1, 0.15) is 74.1 Å². The largest absolute Gasteiger partial charge is 0.500 e. The zero-order chi connectivity index (χ0) is 24.6. The fourth-order valence-electron chi connectivity index (χ4n) is 3.70. The molecule has 0 aliphatic heterocycles. The number of methoxy groups -OCH3 is 1. The van der Waals surface area contributed by atoms with E-state index >= 15 is 0 Å². The third-order valence-electron chi connectivity index (χ3n) is 4.94. The maximum absolute atomic E-state index is 11.6. The Morgan fingerprint density at radius 1 is 1.00 bits per heavy atom. The molecule has 9 nitrogen and oxygen atoms in total. The van der Waals surface area contributed by atoms with E-state index in [0.29, 0.717) is 51.7 Å². The maximum atomic E-state index is 11.6. The van der Waals surface area contributed by atoms with Gasteiger partial charge in [0.15, 0.2) is 6.29 Å². The number of ether oxygens (including phenoxy) is 4. The lowest BCUT2D eigenvalue weighted by molar-refractivity contribution is -0.170. The topological polar surface area (TPSA) is 108 Å². The highest BCUT2D eigenvalue weighted by molar-refractivity contribution is 6.60. The summed E-state index contributed by atoms with van der Waals surface area (Å²) < 4.78 is 40.2. The molecule has 0 rings (SSSR count). The molecule has 0 saturated heterocycles. The first-order valence-corrected chi connectivity index (χ1v) is 13.7. The molecule has 2 N–H and O–H groups in total. The van der Waals surface area contributed by atoms with Crippen LogP contribution in [0.2, 0.25) is 6.04 Å². The molecule has 192 valence electrons. The number of primary amides is 1. The van der Waals surface area contributed by atoms with Crippen LogP contribution in [0.3, 0.4) is 0 Å². The molecule has 10 heteroatoms. The molecule has 0 aliphatic rings. The van der Waals surface area contributed by atoms with Crippen molar-refractivity contribution in [2.45, 2.75) is 104 Å². The number of amides is 1. The minimum absolute atomic E-state index is 0.124. The molecule has 0 radical (unpaired) electrons. The first-order chi connectivity index (χ1) is 15.1. The minimum Gasteiger partial charge on any atom is -0.443 e. The highest BCUT2D eigenvalue weighted by Gasteiger charge is 2.41. The number of nitrogens with two attached hydrogens (primary N) is 1. The van der Waals surface area contributed by atoms with Gasteiger partial charge in [-0.15, -0.1) is 0 Å². The minimum atomic E-state index is -2.76. The van der Waals surface area contributed by atoms with Crippen molar-refractivity contribution in [3.63, 3.8) is 0 Å². The van der Waals surface area contributed by atoms with E-state index in [4.69, 9.17) is 38.0 Å². The summed E-state index contributed by atoms with van der Waals surface area (Å²) in [6, 6.07) is 0.635. The fourth-order valence-corrected chi connectivity index (χ4v) is 6.31. The number of rotatable bonds is 20. The van der Waals surface area contributed by atoms with E-state index in [1.165, 1.54) is 0 Å². The van der Waals surface area contributed by atoms with Crippen molar-refractivity contribution in [2.75, 3.05) is 33.5 Å². The van der Waals surface area contributed by atoms with E-state index in [1.54, 1.807) is 7.11 Å². The first-order valence-electron chi connectivity index (χ1n) is 11.8. The smallest absolute Gasteiger partial charge is 0.443 e. The standard InChI is InChI=1S/C22H47NO8Si/c1-9-20(25-8)30-19(6)17-26-18(5)16-22(7,31-21(23)24)14-13-15-32(27-10-2,28-11-3)29-12-4/h18-20H,9-17H2,1-8H3,(H2,23,24). The number of carbonyl (C=O) groups excluding carboxylic acids is 1. The number of hydrogen-bond donors (Lipinski definition) is 1. The van der Waals surface area contributed by atoms with E-state index < -0.39 is 20.5 Å². The Balaban J connectivity index is 4.92. The lowest BCUT2D eigenvalue weighted by Crippen LogP contribution is -2.46. The van der Waals surface area contributed by atoms with Crippen molar-refractivity contribution in [1.82, 2.24) is 0 Å². The van der Waals surface area contributed by atoms with Gasteiger partial charge in [-0.2, -0.15) is 0 Å². The quantitative estimate of drug-likeness (QED) is 0.203. The molecular formula is C22H47NO8Si. The molecule has 0 saturated carbocycles. The Hall–Kier alpha value is -0.753. The molecule has 0 fully saturated rings. The normalized spacial score (nSPS) is 16.9. The molecule has 4 unspecified atom stereocenters. The van der Waals surface area contributed by atoms with Gasteiger partial charge in [-0.3, -0.25) is 0 Å². The Kier molecular flexibility index (Phi) is 16.4. The molecule has 32 heavy (non-hydrogen) atoms. The van der Waals surface area contributed by atoms with Crippen LogP contribution in [0.5, 0.6) is 0 Å². The van der Waals surface area contributed by atoms with Gasteiger partial charge in [0.1, 0.15) is 5.60 Å². The van der Waals surface area contributed by atoms with Crippen molar-refractivity contribution in [3.05, 3.63) is 0 Å². The molecule has 0 spiro atoms. The maximum Gasteiger partial charge on any atom is 0.500 e. The Morgan fingerprint density at radius 3 is 2.00 bits per heavy atom. The van der Waals surface area contributed by atoms with Crippen LogP contribution < -0.4 is 5.73 Å². The summed E-state index contributed by atoms with van der Waals surface area (Å²) in [5.41, 5.74) is 4.58. The average molecular weight is 482 g/mol. The zero-order valence-corrected chi connectivity index (χ0v) is 22.4. The third kappa shape index (κ3) is 13.1. The van der Waals surface area contributed by atoms with Crippen LogP contribution >= 0.6 is 0 Å². The van der Waals surface area contributed by atoms with Crippen LogP contribution in [-0.4, -0.2) is 72.5 Å². The second kappa shape index (κ2) is 16.8. The molecule has 0 aromatic heterocycles. The summed E-state index contributed by atoms with van der Waals surface area (Å²) in [7, 11) is -1.14. The highest BCUT2D eigenvalue weighted by atomic mass is 28.4. The van der Waals surface area contributed by atoms with Gasteiger partial charge in [-0.25, -0.2) is 4.79 Å². The molecule has 0 heterocycles. The van der Waals surface area contributed by atoms with Crippen LogP contribution in [0, 0.1) is 0 Å². The van der Waals surface area contributed by atoms with Crippen molar-refractivity contribution in [1.29, 1.82) is 0 Å². The predicted octanol–water partition coefficient (Wildman–Crippen LogP) is 4.25. The molecule has 4 atom stereocenters. The third-order valence-corrected chi connectivity index (χ3v) is 8.09. The number of hydrogen-bond acceptors (Lipinski definition) is 8. The summed E-state index contributed by atoms with van der Waals surface area (Å²) in [4.78, 5) is 11.6. The van der Waals surface area contributed by atoms with Crippen molar-refractivity contribution in [2.24, 2.45) is 5.73 Å². The molecule has 0 aromatic carbocycles. The van der Waals surface area contributed by atoms with Crippen molar-refractivity contribution < 1.29 is 37.0 Å². The van der Waals surface area contributed by atoms with E-state index in [9.17, 15) is 4.79 Å². The first kappa shape index (κ1) is 31.2. The molecule has 0 bridgehead atoms. The summed E-state index contributed by atoms with van der Waals surface area (Å²) >= 11 is 0. The van der Waals surface area contributed by atoms with Gasteiger partial charge in [0.05, 0.1) is 18.8 Å². The van der Waals surface area contributed by atoms with E-state index in [-0.39, 0.29) is 18.5 Å². The summed E-state index contributed by atoms with van der Waals surface area (Å²) in [5, 5.41) is 0. The zero-order valence-electron chi connectivity index (χ0n) is 21.4. The lowest BCUT2D eigenvalue weighted by atomic mass is 9.93. The molecule has 0 aliphatic carbocycles. The highest BCUT2D eigenvalue weighted by Crippen LogP contribution is 2.29. The molecular weight excluding hydrogens is 434 g/mol. The summed E-state index contributed by atoms with van der Waals surface area (Å²) in [5.74, 6) is 0. The van der Waals surface area contributed by atoms with Gasteiger partial charge < -0.3 is 38.0 Å². The van der Waals surface area contributed by atoms with Gasteiger partial charge in [0.2, 0.25) is 0 Å². The Morgan fingerprint density at radius 2 is 1.56 bits per heavy atom. The molecule has 1 amide bonds. The van der Waals surface area contributed by atoms with Crippen LogP contribution in [0.4, 0.5) is 4.79 Å². The Bertz CT molecular complexity index is 478. The van der Waals surface area contributed by atoms with E-state index in [2.05, 4.69) is 0 Å². The van der Waals surface area contributed by atoms with Gasteiger partial charge in [-0.1, -0.05) is 6.92 Å². The monoisotopic (exact) mass is 481 g/mol. The van der Waals surface area contributed by atoms with Crippen LogP contribution in [0.25, 0.3) is 0 Å². The van der Waals surface area contributed by atoms with Gasteiger partial charge >= 0.3 is 14.9 Å². The van der Waals surface area contributed by atoms with E-state index in [0.717, 1.165) is 6.42 Å². The Labute approximate surface area is 195 Å². The van der Waals surface area contributed by atoms with Crippen molar-refractivity contribution in [3.8, 4) is 0 Å². The average Bonchev–Trinajstić information content (AvgIpc) is 2.70. The summed E-state index contributed by atoms with van der Waals surface area (Å²) in [6.45, 7) is 15.5. The second-order valence-electron chi connectivity index (χ2n) is 8.07. The van der Waals surface area contributed by atoms with Gasteiger partial charge in [0.25, 0.3) is 0 Å². The molecule has 0 aromatic rings. The van der Waals surface area contributed by atoms with Crippen LogP contribution in [-0.2, 0) is 32.2 Å². The van der Waals surface area contributed by atoms with Gasteiger partial charge in [-0.05, 0) is 60.8 Å². The SMILES string of the molecule is CCO[Si](CCCC(C)(CC(C)OCC(C)OC(CC)OC)OC(N)=O)(OCC)OCC. The predicted molar refractivity (Wildman–Crippen MR) is 125 cm³/mol. The lowest BCUT2D eigenvalue weighted by Gasteiger charge is -2.33. The van der Waals surface area contributed by atoms with Crippen LogP contribution in [0.15, 0.2) is 0 Å². The number of carbonyl (C=O) groups is 1. The van der Waals surface area contributed by atoms with Gasteiger partial charge in [0, 0.05) is 39.4 Å². The fraction of sp³-hybridized carbons (Fsp3) is 0.955.